The van der Waals surface area contributed by atoms with Gasteiger partial charge >= 0.3 is 0 Å². The molecule has 4 nitrogen and oxygen atoms in total. The Labute approximate surface area is 105 Å². The van der Waals surface area contributed by atoms with Crippen LogP contribution in [-0.4, -0.2) is 16.0 Å². The van der Waals surface area contributed by atoms with Crippen molar-refractivity contribution in [1.82, 2.24) is 9.97 Å². The van der Waals surface area contributed by atoms with Gasteiger partial charge in [0.1, 0.15) is 5.82 Å². The van der Waals surface area contributed by atoms with Gasteiger partial charge in [-0.15, -0.1) is 0 Å². The van der Waals surface area contributed by atoms with Crippen molar-refractivity contribution in [1.29, 1.82) is 0 Å². The average molecular weight is 240 g/mol. The van der Waals surface area contributed by atoms with Gasteiger partial charge in [-0.05, 0) is 37.5 Å². The molecule has 2 aromatic rings. The van der Waals surface area contributed by atoms with E-state index >= 15 is 0 Å². The number of nitrogens with zero attached hydrogens (tertiary/aromatic N) is 3. The maximum Gasteiger partial charge on any atom is 0.163 e. The lowest BCUT2D eigenvalue weighted by atomic mass is 10.0. The number of pyridine rings is 2. The zero-order chi connectivity index (χ0) is 12.9. The lowest BCUT2D eigenvalue weighted by Crippen LogP contribution is -2.36. The molecule has 2 unspecified atom stereocenters. The van der Waals surface area contributed by atoms with Crippen LogP contribution in [0.25, 0.3) is 17.1 Å². The minimum Gasteiger partial charge on any atom is -0.383 e. The van der Waals surface area contributed by atoms with E-state index in [0.717, 1.165) is 21.7 Å². The van der Waals surface area contributed by atoms with E-state index < -0.39 is 0 Å². The maximum absolute atomic E-state index is 5.82. The van der Waals surface area contributed by atoms with E-state index in [-0.39, 0.29) is 6.04 Å². The standard InChI is InChI=1S/C14H16N4/c1-7-4-10-6-11-5-8(2)12(15)17-14(11)18-13(10)16-9(7)3/h4-7,9H,1-3H3,(H2,15,16,17,18). The quantitative estimate of drug-likeness (QED) is 0.746. The molecule has 0 bridgehead atoms. The molecule has 0 saturated heterocycles. The predicted octanol–water partition coefficient (Wildman–Crippen LogP) is 0.959. The second kappa shape index (κ2) is 3.77. The van der Waals surface area contributed by atoms with Crippen molar-refractivity contribution in [2.45, 2.75) is 26.8 Å². The lowest BCUT2D eigenvalue weighted by Gasteiger charge is -2.15. The first kappa shape index (κ1) is 11.1. The Kier molecular flexibility index (Phi) is 2.33. The molecular formula is C14H16N4. The highest BCUT2D eigenvalue weighted by atomic mass is 15.0. The Morgan fingerprint density at radius 3 is 2.72 bits per heavy atom. The Morgan fingerprint density at radius 2 is 1.94 bits per heavy atom. The van der Waals surface area contributed by atoms with Crippen LogP contribution in [0.1, 0.15) is 19.4 Å². The molecule has 0 spiro atoms. The van der Waals surface area contributed by atoms with E-state index in [1.807, 2.05) is 13.0 Å². The summed E-state index contributed by atoms with van der Waals surface area (Å²) in [4.78, 5) is 13.4. The first-order chi connectivity index (χ1) is 8.54. The van der Waals surface area contributed by atoms with Crippen molar-refractivity contribution in [3.8, 4) is 0 Å². The molecule has 0 saturated carbocycles. The van der Waals surface area contributed by atoms with Crippen LogP contribution in [0.3, 0.4) is 0 Å². The highest BCUT2D eigenvalue weighted by molar-refractivity contribution is 5.77. The molecule has 0 aliphatic carbocycles. The van der Waals surface area contributed by atoms with Crippen LogP contribution in [-0.2, 0) is 0 Å². The van der Waals surface area contributed by atoms with Gasteiger partial charge in [0.2, 0.25) is 0 Å². The summed E-state index contributed by atoms with van der Waals surface area (Å²) in [6.45, 7) is 6.24. The number of anilines is 1. The third kappa shape index (κ3) is 1.65. The van der Waals surface area contributed by atoms with Crippen LogP contribution in [0.2, 0.25) is 0 Å². The van der Waals surface area contributed by atoms with Crippen LogP contribution in [0.4, 0.5) is 5.82 Å². The molecular weight excluding hydrogens is 224 g/mol. The SMILES string of the molecule is Cc1cc2cc3c(nc2nc1N)=NC(C)C(C)C=3. The van der Waals surface area contributed by atoms with Crippen LogP contribution >= 0.6 is 0 Å². The molecule has 18 heavy (non-hydrogen) atoms. The van der Waals surface area contributed by atoms with Gasteiger partial charge in [-0.25, -0.2) is 9.97 Å². The fraction of sp³-hybridized carbons (Fsp3) is 0.357. The summed E-state index contributed by atoms with van der Waals surface area (Å²) in [6, 6.07) is 4.40. The van der Waals surface area contributed by atoms with E-state index in [1.165, 1.54) is 0 Å². The third-order valence-electron chi connectivity index (χ3n) is 3.57. The van der Waals surface area contributed by atoms with Gasteiger partial charge in [0.15, 0.2) is 11.1 Å². The molecule has 0 radical (unpaired) electrons. The minimum absolute atomic E-state index is 0.269. The number of aromatic nitrogens is 2. The van der Waals surface area contributed by atoms with Gasteiger partial charge in [-0.1, -0.05) is 13.0 Å². The van der Waals surface area contributed by atoms with Gasteiger partial charge < -0.3 is 5.73 Å². The van der Waals surface area contributed by atoms with Crippen molar-refractivity contribution in [3.63, 3.8) is 0 Å². The molecule has 3 heterocycles. The number of fused-ring (bicyclic) bond motifs is 2. The molecule has 4 heteroatoms. The zero-order valence-corrected chi connectivity index (χ0v) is 10.8. The molecule has 3 rings (SSSR count). The number of nitrogen functional groups attached to an aromatic ring is 1. The summed E-state index contributed by atoms with van der Waals surface area (Å²) < 4.78 is 0. The molecule has 2 N–H and O–H groups in total. The average Bonchev–Trinajstić information content (AvgIpc) is 2.31. The summed E-state index contributed by atoms with van der Waals surface area (Å²) >= 11 is 0. The maximum atomic E-state index is 5.82. The second-order valence-electron chi connectivity index (χ2n) is 5.03. The molecule has 2 aromatic heterocycles. The Balaban J connectivity index is 2.39. The third-order valence-corrected chi connectivity index (χ3v) is 3.57. The highest BCUT2D eigenvalue weighted by Gasteiger charge is 2.13. The predicted molar refractivity (Wildman–Crippen MR) is 72.6 cm³/mol. The number of rotatable bonds is 0. The van der Waals surface area contributed by atoms with Gasteiger partial charge in [-0.3, -0.25) is 4.99 Å². The van der Waals surface area contributed by atoms with Crippen molar-refractivity contribution >= 4 is 22.9 Å². The largest absolute Gasteiger partial charge is 0.383 e. The van der Waals surface area contributed by atoms with E-state index in [2.05, 4.69) is 41.0 Å². The van der Waals surface area contributed by atoms with Crippen LogP contribution in [0.15, 0.2) is 17.1 Å². The first-order valence-electron chi connectivity index (χ1n) is 6.18. The summed E-state index contributed by atoms with van der Waals surface area (Å²) in [7, 11) is 0. The van der Waals surface area contributed by atoms with Gasteiger partial charge in [0, 0.05) is 10.6 Å². The van der Waals surface area contributed by atoms with Crippen LogP contribution < -0.4 is 16.4 Å². The monoisotopic (exact) mass is 240 g/mol. The number of hydrogen-bond donors (Lipinski definition) is 1. The van der Waals surface area contributed by atoms with E-state index in [0.29, 0.717) is 17.4 Å². The number of nitrogens with two attached hydrogens (primary N) is 1. The molecule has 2 atom stereocenters. The Morgan fingerprint density at radius 1 is 1.17 bits per heavy atom. The van der Waals surface area contributed by atoms with E-state index in [1.54, 1.807) is 0 Å². The van der Waals surface area contributed by atoms with Gasteiger partial charge in [0.25, 0.3) is 0 Å². The van der Waals surface area contributed by atoms with Crippen LogP contribution in [0.5, 0.6) is 0 Å². The van der Waals surface area contributed by atoms with Crippen molar-refractivity contribution in [2.75, 3.05) is 5.73 Å². The van der Waals surface area contributed by atoms with E-state index in [4.69, 9.17) is 5.73 Å². The first-order valence-corrected chi connectivity index (χ1v) is 6.18. The molecule has 0 fully saturated rings. The smallest absolute Gasteiger partial charge is 0.163 e. The molecule has 0 aromatic carbocycles. The highest BCUT2D eigenvalue weighted by Crippen LogP contribution is 2.14. The van der Waals surface area contributed by atoms with Gasteiger partial charge in [-0.2, -0.15) is 0 Å². The molecule has 1 aliphatic rings. The zero-order valence-electron chi connectivity index (χ0n) is 10.8. The second-order valence-corrected chi connectivity index (χ2v) is 5.03. The minimum atomic E-state index is 0.269. The van der Waals surface area contributed by atoms with Gasteiger partial charge in [0.05, 0.1) is 6.04 Å². The fourth-order valence-electron chi connectivity index (χ4n) is 2.19. The summed E-state index contributed by atoms with van der Waals surface area (Å²) in [5.74, 6) is 0.982. The fourth-order valence-corrected chi connectivity index (χ4v) is 2.19. The van der Waals surface area contributed by atoms with Crippen LogP contribution in [0, 0.1) is 12.8 Å². The number of hydrogen-bond acceptors (Lipinski definition) is 4. The normalized spacial score (nSPS) is 22.2. The summed E-state index contributed by atoms with van der Waals surface area (Å²) in [5.41, 5.74) is 8.26. The summed E-state index contributed by atoms with van der Waals surface area (Å²) in [5, 5.41) is 2.12. The van der Waals surface area contributed by atoms with Crippen molar-refractivity contribution < 1.29 is 0 Å². The Hall–Kier alpha value is -1.97. The lowest BCUT2D eigenvalue weighted by molar-refractivity contribution is 0.581. The summed E-state index contributed by atoms with van der Waals surface area (Å²) in [6.07, 6.45) is 2.23. The van der Waals surface area contributed by atoms with Crippen molar-refractivity contribution in [2.24, 2.45) is 10.9 Å². The molecule has 1 aliphatic heterocycles. The molecule has 92 valence electrons. The number of aryl methyl sites for hydroxylation is 1. The topological polar surface area (TPSA) is 64.2 Å². The van der Waals surface area contributed by atoms with E-state index in [9.17, 15) is 0 Å². The molecule has 0 amide bonds. The Bertz CT molecular complexity index is 684. The van der Waals surface area contributed by atoms with Crippen molar-refractivity contribution in [3.05, 3.63) is 28.4 Å².